The van der Waals surface area contributed by atoms with Crippen LogP contribution in [-0.2, 0) is 21.3 Å². The quantitative estimate of drug-likeness (QED) is 0.668. The Bertz CT molecular complexity index is 1130. The van der Waals surface area contributed by atoms with E-state index in [1.165, 1.54) is 6.20 Å². The second-order valence-electron chi connectivity index (χ2n) is 7.56. The third-order valence-corrected chi connectivity index (χ3v) is 6.82. The van der Waals surface area contributed by atoms with Gasteiger partial charge in [-0.05, 0) is 43.0 Å². The van der Waals surface area contributed by atoms with Gasteiger partial charge in [-0.25, -0.2) is 4.98 Å². The van der Waals surface area contributed by atoms with E-state index in [0.29, 0.717) is 36.9 Å². The van der Waals surface area contributed by atoms with E-state index in [1.54, 1.807) is 23.2 Å². The van der Waals surface area contributed by atoms with Crippen molar-refractivity contribution in [2.75, 3.05) is 35.9 Å². The lowest BCUT2D eigenvalue weighted by molar-refractivity contribution is 0.123. The summed E-state index contributed by atoms with van der Waals surface area (Å²) in [5.41, 5.74) is 2.14. The third kappa shape index (κ3) is 3.67. The fourth-order valence-electron chi connectivity index (χ4n) is 3.77. The van der Waals surface area contributed by atoms with E-state index >= 15 is 0 Å². The molecule has 3 heterocycles. The summed E-state index contributed by atoms with van der Waals surface area (Å²) in [5.74, 6) is 0.549. The minimum atomic E-state index is -3.77. The summed E-state index contributed by atoms with van der Waals surface area (Å²) in [6, 6.07) is 7.59. The maximum absolute atomic E-state index is 13.1. The van der Waals surface area contributed by atoms with Crippen molar-refractivity contribution >= 4 is 32.3 Å². The normalized spacial score (nSPS) is 17.6. The van der Waals surface area contributed by atoms with E-state index in [4.69, 9.17) is 4.74 Å². The Morgan fingerprint density at radius 1 is 1.17 bits per heavy atom. The number of morpholine rings is 1. The molecular weight excluding hydrogens is 390 g/mol. The zero-order chi connectivity index (χ0) is 19.8. The summed E-state index contributed by atoms with van der Waals surface area (Å²) in [7, 11) is -3.77. The van der Waals surface area contributed by atoms with Crippen LogP contribution in [-0.4, -0.2) is 49.3 Å². The van der Waals surface area contributed by atoms with Crippen molar-refractivity contribution in [1.29, 1.82) is 0 Å². The van der Waals surface area contributed by atoms with Gasteiger partial charge >= 0.3 is 0 Å². The number of ether oxygens (including phenoxy) is 1. The van der Waals surface area contributed by atoms with Gasteiger partial charge in [-0.3, -0.25) is 9.71 Å². The highest BCUT2D eigenvalue weighted by Gasteiger charge is 2.27. The van der Waals surface area contributed by atoms with E-state index in [-0.39, 0.29) is 5.03 Å². The van der Waals surface area contributed by atoms with Gasteiger partial charge < -0.3 is 14.2 Å². The Labute approximate surface area is 169 Å². The first-order chi connectivity index (χ1) is 14.1. The highest BCUT2D eigenvalue weighted by molar-refractivity contribution is 7.92. The second-order valence-corrected chi connectivity index (χ2v) is 9.19. The van der Waals surface area contributed by atoms with Crippen LogP contribution in [0.5, 0.6) is 0 Å². The minimum absolute atomic E-state index is 0.186. The van der Waals surface area contributed by atoms with Crippen molar-refractivity contribution in [2.45, 2.75) is 24.4 Å². The van der Waals surface area contributed by atoms with Gasteiger partial charge in [0, 0.05) is 36.9 Å². The molecule has 152 valence electrons. The number of imidazole rings is 1. The van der Waals surface area contributed by atoms with Crippen molar-refractivity contribution < 1.29 is 13.2 Å². The maximum atomic E-state index is 13.1. The zero-order valence-electron chi connectivity index (χ0n) is 16.0. The van der Waals surface area contributed by atoms with Crippen molar-refractivity contribution in [3.05, 3.63) is 43.0 Å². The molecule has 1 saturated carbocycles. The lowest BCUT2D eigenvalue weighted by Crippen LogP contribution is -2.36. The molecule has 2 aliphatic rings. The van der Waals surface area contributed by atoms with Crippen LogP contribution in [0.2, 0.25) is 0 Å². The molecule has 0 atom stereocenters. The fraction of sp³-hybridized carbons (Fsp3) is 0.400. The summed E-state index contributed by atoms with van der Waals surface area (Å²) in [5, 5.41) is 1.10. The summed E-state index contributed by atoms with van der Waals surface area (Å²) in [4.78, 5) is 10.8. The molecule has 1 N–H and O–H groups in total. The molecule has 1 aromatic carbocycles. The Morgan fingerprint density at radius 3 is 2.79 bits per heavy atom. The van der Waals surface area contributed by atoms with Crippen LogP contribution in [0.4, 0.5) is 11.4 Å². The van der Waals surface area contributed by atoms with E-state index < -0.39 is 10.0 Å². The number of rotatable bonds is 6. The number of nitrogens with one attached hydrogen (secondary N) is 1. The smallest absolute Gasteiger partial charge is 0.279 e. The van der Waals surface area contributed by atoms with E-state index in [9.17, 15) is 8.42 Å². The summed E-state index contributed by atoms with van der Waals surface area (Å²) in [6.07, 6.45) is 6.96. The van der Waals surface area contributed by atoms with E-state index in [1.807, 2.05) is 18.2 Å². The first-order valence-electron chi connectivity index (χ1n) is 9.85. The largest absolute Gasteiger partial charge is 0.378 e. The lowest BCUT2D eigenvalue weighted by Gasteiger charge is -2.30. The zero-order valence-corrected chi connectivity index (χ0v) is 16.8. The van der Waals surface area contributed by atoms with Crippen LogP contribution in [0.1, 0.15) is 12.8 Å². The fourth-order valence-corrected chi connectivity index (χ4v) is 4.95. The highest BCUT2D eigenvalue weighted by atomic mass is 32.2. The van der Waals surface area contributed by atoms with Gasteiger partial charge in [0.2, 0.25) is 0 Å². The molecule has 9 heteroatoms. The third-order valence-electron chi connectivity index (χ3n) is 5.44. The molecule has 29 heavy (non-hydrogen) atoms. The van der Waals surface area contributed by atoms with Crippen LogP contribution in [0.15, 0.2) is 48.0 Å². The molecular formula is C20H23N5O3S. The number of hydrogen-bond donors (Lipinski definition) is 1. The van der Waals surface area contributed by atoms with Gasteiger partial charge in [0.05, 0.1) is 36.9 Å². The SMILES string of the molecule is O=S(=O)(Nc1ccc(N2CCOCC2)c2cccnc12)c1cncn1CC1CC1. The number of sulfonamides is 1. The standard InChI is InChI=1S/C20H23N5O3S/c26-29(27,19-12-21-14-25(19)13-15-3-4-15)23-17-5-6-18(24-8-10-28-11-9-24)16-2-1-7-22-20(16)17/h1-2,5-7,12,14-15,23H,3-4,8-11,13H2. The number of anilines is 2. The summed E-state index contributed by atoms with van der Waals surface area (Å²) in [6.45, 7) is 3.65. The monoisotopic (exact) mass is 413 g/mol. The van der Waals surface area contributed by atoms with Crippen LogP contribution in [0, 0.1) is 5.92 Å². The average molecular weight is 414 g/mol. The van der Waals surface area contributed by atoms with Crippen LogP contribution >= 0.6 is 0 Å². The molecule has 1 aliphatic carbocycles. The molecule has 0 radical (unpaired) electrons. The highest BCUT2D eigenvalue weighted by Crippen LogP contribution is 2.34. The van der Waals surface area contributed by atoms with E-state index in [2.05, 4.69) is 19.6 Å². The lowest BCUT2D eigenvalue weighted by atomic mass is 10.1. The minimum Gasteiger partial charge on any atom is -0.378 e. The molecule has 3 aromatic rings. The Kier molecular flexibility index (Phi) is 4.63. The van der Waals surface area contributed by atoms with Gasteiger partial charge in [0.15, 0.2) is 5.03 Å². The van der Waals surface area contributed by atoms with Gasteiger partial charge in [0.1, 0.15) is 0 Å². The molecule has 8 nitrogen and oxygen atoms in total. The predicted octanol–water partition coefficient (Wildman–Crippen LogP) is 2.48. The number of benzene rings is 1. The van der Waals surface area contributed by atoms with E-state index in [0.717, 1.165) is 37.0 Å². The molecule has 0 amide bonds. The van der Waals surface area contributed by atoms with Crippen molar-refractivity contribution in [1.82, 2.24) is 14.5 Å². The average Bonchev–Trinajstić information content (AvgIpc) is 3.42. The van der Waals surface area contributed by atoms with Crippen LogP contribution in [0.3, 0.4) is 0 Å². The Hall–Kier alpha value is -2.65. The Morgan fingerprint density at radius 2 is 2.00 bits per heavy atom. The number of pyridine rings is 1. The number of aromatic nitrogens is 3. The maximum Gasteiger partial charge on any atom is 0.279 e. The number of hydrogen-bond acceptors (Lipinski definition) is 6. The number of fused-ring (bicyclic) bond motifs is 1. The summed E-state index contributed by atoms with van der Waals surface area (Å²) >= 11 is 0. The molecule has 2 fully saturated rings. The molecule has 5 rings (SSSR count). The molecule has 0 unspecified atom stereocenters. The Balaban J connectivity index is 1.50. The van der Waals surface area contributed by atoms with Crippen LogP contribution < -0.4 is 9.62 Å². The first-order valence-corrected chi connectivity index (χ1v) is 11.3. The van der Waals surface area contributed by atoms with Crippen molar-refractivity contribution in [2.24, 2.45) is 5.92 Å². The number of nitrogens with zero attached hydrogens (tertiary/aromatic N) is 4. The van der Waals surface area contributed by atoms with Crippen molar-refractivity contribution in [3.8, 4) is 0 Å². The molecule has 1 aliphatic heterocycles. The topological polar surface area (TPSA) is 89.3 Å². The molecule has 1 saturated heterocycles. The van der Waals surface area contributed by atoms with Gasteiger partial charge in [-0.2, -0.15) is 8.42 Å². The summed E-state index contributed by atoms with van der Waals surface area (Å²) < 4.78 is 36.1. The second kappa shape index (κ2) is 7.31. The molecule has 0 bridgehead atoms. The van der Waals surface area contributed by atoms with Gasteiger partial charge in [-0.15, -0.1) is 0 Å². The predicted molar refractivity (Wildman–Crippen MR) is 111 cm³/mol. The van der Waals surface area contributed by atoms with Gasteiger partial charge in [-0.1, -0.05) is 0 Å². The molecule has 2 aromatic heterocycles. The molecule has 0 spiro atoms. The van der Waals surface area contributed by atoms with Crippen LogP contribution in [0.25, 0.3) is 10.9 Å². The van der Waals surface area contributed by atoms with Crippen molar-refractivity contribution in [3.63, 3.8) is 0 Å². The van der Waals surface area contributed by atoms with Gasteiger partial charge in [0.25, 0.3) is 10.0 Å². The first kappa shape index (κ1) is 18.4.